The Hall–Kier alpha value is -3.66. The van der Waals surface area contributed by atoms with Crippen LogP contribution in [-0.2, 0) is 4.74 Å². The van der Waals surface area contributed by atoms with Gasteiger partial charge in [-0.1, -0.05) is 11.6 Å². The molecule has 0 radical (unpaired) electrons. The van der Waals surface area contributed by atoms with Crippen molar-refractivity contribution in [2.75, 3.05) is 17.7 Å². The number of benzene rings is 2. The largest absolute Gasteiger partial charge is 0.478 e. The van der Waals surface area contributed by atoms with Gasteiger partial charge in [-0.05, 0) is 36.4 Å². The van der Waals surface area contributed by atoms with Crippen LogP contribution in [0.1, 0.15) is 20.7 Å². The van der Waals surface area contributed by atoms with Gasteiger partial charge in [-0.3, -0.25) is 15.4 Å². The van der Waals surface area contributed by atoms with Gasteiger partial charge in [-0.2, -0.15) is 0 Å². The lowest BCUT2D eigenvalue weighted by atomic mass is 10.1. The van der Waals surface area contributed by atoms with E-state index in [0.717, 1.165) is 31.4 Å². The highest BCUT2D eigenvalue weighted by atomic mass is 35.5. The van der Waals surface area contributed by atoms with E-state index in [4.69, 9.17) is 16.7 Å². The number of hydrogen-bond donors (Lipinski definition) is 4. The van der Waals surface area contributed by atoms with Gasteiger partial charge in [0, 0.05) is 0 Å². The van der Waals surface area contributed by atoms with Crippen molar-refractivity contribution < 1.29 is 33.4 Å². The standard InChI is InChI=1S/C17H13ClFN3O6/c1-28-17(27)21-12-5-2-8(15(24)25)6-13(12)20-16(26)22-14(23)10-4-3-9(19)7-11(10)18/h2-7H,1H3,(H,21,27)(H,24,25)(H2,20,22,23,26). The second-order valence-corrected chi connectivity index (χ2v) is 5.62. The highest BCUT2D eigenvalue weighted by molar-refractivity contribution is 6.34. The van der Waals surface area contributed by atoms with Gasteiger partial charge in [0.05, 0.1) is 34.6 Å². The number of carbonyl (C=O) groups is 4. The van der Waals surface area contributed by atoms with Gasteiger partial charge in [0.15, 0.2) is 0 Å². The molecule has 4 amide bonds. The molecule has 9 nitrogen and oxygen atoms in total. The number of methoxy groups -OCH3 is 1. The number of carboxylic acid groups (broad SMARTS) is 1. The number of amides is 4. The number of anilines is 2. The van der Waals surface area contributed by atoms with Crippen molar-refractivity contribution >= 4 is 47.0 Å². The summed E-state index contributed by atoms with van der Waals surface area (Å²) in [5.41, 5.74) is -0.413. The summed E-state index contributed by atoms with van der Waals surface area (Å²) >= 11 is 5.76. The summed E-state index contributed by atoms with van der Waals surface area (Å²) in [5.74, 6) is -2.85. The summed E-state index contributed by atoms with van der Waals surface area (Å²) in [4.78, 5) is 46.7. The quantitative estimate of drug-likeness (QED) is 0.612. The predicted molar refractivity (Wildman–Crippen MR) is 97.3 cm³/mol. The van der Waals surface area contributed by atoms with E-state index in [9.17, 15) is 23.6 Å². The number of carboxylic acids is 1. The fourth-order valence-electron chi connectivity index (χ4n) is 2.05. The first kappa shape index (κ1) is 20.6. The second-order valence-electron chi connectivity index (χ2n) is 5.21. The molecule has 0 aromatic heterocycles. The van der Waals surface area contributed by atoms with Crippen molar-refractivity contribution in [1.82, 2.24) is 5.32 Å². The number of halogens is 2. The van der Waals surface area contributed by atoms with Gasteiger partial charge < -0.3 is 15.2 Å². The molecule has 2 aromatic carbocycles. The fraction of sp³-hybridized carbons (Fsp3) is 0.0588. The van der Waals surface area contributed by atoms with E-state index >= 15 is 0 Å². The maximum Gasteiger partial charge on any atom is 0.411 e. The molecule has 0 heterocycles. The minimum Gasteiger partial charge on any atom is -0.478 e. The van der Waals surface area contributed by atoms with Crippen molar-refractivity contribution in [2.24, 2.45) is 0 Å². The molecule has 0 bridgehead atoms. The van der Waals surface area contributed by atoms with E-state index < -0.39 is 29.8 Å². The molecule has 0 saturated heterocycles. The van der Waals surface area contributed by atoms with E-state index in [0.29, 0.717) is 0 Å². The summed E-state index contributed by atoms with van der Waals surface area (Å²) in [5, 5.41) is 15.4. The Labute approximate surface area is 162 Å². The van der Waals surface area contributed by atoms with Crippen molar-refractivity contribution in [3.05, 3.63) is 58.4 Å². The number of aromatic carboxylic acids is 1. The third-order valence-corrected chi connectivity index (χ3v) is 3.65. The molecule has 11 heteroatoms. The summed E-state index contributed by atoms with van der Waals surface area (Å²) in [6, 6.07) is 5.45. The van der Waals surface area contributed by atoms with Crippen molar-refractivity contribution in [2.45, 2.75) is 0 Å². The van der Waals surface area contributed by atoms with Crippen LogP contribution < -0.4 is 16.0 Å². The molecule has 0 aliphatic heterocycles. The molecule has 2 rings (SSSR count). The molecule has 2 aromatic rings. The zero-order chi connectivity index (χ0) is 20.8. The van der Waals surface area contributed by atoms with Gasteiger partial charge in [-0.25, -0.2) is 18.8 Å². The zero-order valence-corrected chi connectivity index (χ0v) is 15.0. The van der Waals surface area contributed by atoms with E-state index in [1.807, 2.05) is 5.32 Å². The third-order valence-electron chi connectivity index (χ3n) is 3.34. The van der Waals surface area contributed by atoms with Crippen LogP contribution in [0, 0.1) is 5.82 Å². The maximum absolute atomic E-state index is 13.1. The first-order chi connectivity index (χ1) is 13.2. The number of ether oxygens (including phenoxy) is 1. The molecule has 0 saturated carbocycles. The predicted octanol–water partition coefficient (Wildman–Crippen LogP) is 3.32. The summed E-state index contributed by atoms with van der Waals surface area (Å²) in [6.07, 6.45) is -0.860. The van der Waals surface area contributed by atoms with Gasteiger partial charge in [0.25, 0.3) is 5.91 Å². The topological polar surface area (TPSA) is 134 Å². The lowest BCUT2D eigenvalue weighted by Crippen LogP contribution is -2.34. The molecule has 0 aliphatic carbocycles. The van der Waals surface area contributed by atoms with Crippen LogP contribution in [0.5, 0.6) is 0 Å². The Morgan fingerprint density at radius 3 is 2.36 bits per heavy atom. The average molecular weight is 410 g/mol. The molecular formula is C17H13ClFN3O6. The Morgan fingerprint density at radius 1 is 1.04 bits per heavy atom. The second kappa shape index (κ2) is 8.82. The molecule has 0 aliphatic rings. The average Bonchev–Trinajstić information content (AvgIpc) is 2.62. The Bertz CT molecular complexity index is 966. The third kappa shape index (κ3) is 5.17. The number of urea groups is 1. The minimum atomic E-state index is -1.28. The summed E-state index contributed by atoms with van der Waals surface area (Å²) < 4.78 is 17.5. The Morgan fingerprint density at radius 2 is 1.75 bits per heavy atom. The SMILES string of the molecule is COC(=O)Nc1ccc(C(=O)O)cc1NC(=O)NC(=O)c1ccc(F)cc1Cl. The molecule has 146 valence electrons. The number of hydrogen-bond acceptors (Lipinski definition) is 5. The van der Waals surface area contributed by atoms with Crippen LogP contribution in [0.25, 0.3) is 0 Å². The van der Waals surface area contributed by atoms with Crippen LogP contribution in [0.4, 0.5) is 25.4 Å². The number of carbonyl (C=O) groups excluding carboxylic acids is 3. The van der Waals surface area contributed by atoms with Gasteiger partial charge >= 0.3 is 18.1 Å². The van der Waals surface area contributed by atoms with Crippen LogP contribution in [-0.4, -0.2) is 36.2 Å². The smallest absolute Gasteiger partial charge is 0.411 e. The number of nitrogens with one attached hydrogen (secondary N) is 3. The van der Waals surface area contributed by atoms with Crippen molar-refractivity contribution in [3.63, 3.8) is 0 Å². The minimum absolute atomic E-state index is 0.0271. The molecule has 0 atom stereocenters. The lowest BCUT2D eigenvalue weighted by Gasteiger charge is -2.13. The molecule has 0 spiro atoms. The van der Waals surface area contributed by atoms with Crippen LogP contribution in [0.3, 0.4) is 0 Å². The van der Waals surface area contributed by atoms with Crippen molar-refractivity contribution in [1.29, 1.82) is 0 Å². The summed E-state index contributed by atoms with van der Waals surface area (Å²) in [7, 11) is 1.12. The molecule has 28 heavy (non-hydrogen) atoms. The normalized spacial score (nSPS) is 9.96. The van der Waals surface area contributed by atoms with Crippen LogP contribution >= 0.6 is 11.6 Å². The lowest BCUT2D eigenvalue weighted by molar-refractivity contribution is 0.0696. The highest BCUT2D eigenvalue weighted by Crippen LogP contribution is 2.24. The maximum atomic E-state index is 13.1. The Balaban J connectivity index is 2.21. The monoisotopic (exact) mass is 409 g/mol. The van der Waals surface area contributed by atoms with E-state index in [-0.39, 0.29) is 27.5 Å². The van der Waals surface area contributed by atoms with Gasteiger partial charge in [0.1, 0.15) is 5.82 Å². The molecule has 0 unspecified atom stereocenters. The van der Waals surface area contributed by atoms with Crippen LogP contribution in [0.2, 0.25) is 5.02 Å². The molecule has 4 N–H and O–H groups in total. The van der Waals surface area contributed by atoms with E-state index in [1.165, 1.54) is 12.1 Å². The first-order valence-corrected chi connectivity index (χ1v) is 7.88. The van der Waals surface area contributed by atoms with Gasteiger partial charge in [-0.15, -0.1) is 0 Å². The summed E-state index contributed by atoms with van der Waals surface area (Å²) in [6.45, 7) is 0. The van der Waals surface area contributed by atoms with Crippen molar-refractivity contribution in [3.8, 4) is 0 Å². The van der Waals surface area contributed by atoms with E-state index in [2.05, 4.69) is 15.4 Å². The number of imide groups is 1. The van der Waals surface area contributed by atoms with Crippen LogP contribution in [0.15, 0.2) is 36.4 Å². The first-order valence-electron chi connectivity index (χ1n) is 7.51. The highest BCUT2D eigenvalue weighted by Gasteiger charge is 2.17. The van der Waals surface area contributed by atoms with E-state index in [1.54, 1.807) is 0 Å². The Kier molecular flexibility index (Phi) is 6.51. The molecular weight excluding hydrogens is 397 g/mol. The van der Waals surface area contributed by atoms with Gasteiger partial charge in [0.2, 0.25) is 0 Å². The zero-order valence-electron chi connectivity index (χ0n) is 14.2. The molecule has 0 fully saturated rings. The fourth-order valence-corrected chi connectivity index (χ4v) is 2.30. The number of rotatable bonds is 4.